The van der Waals surface area contributed by atoms with Gasteiger partial charge in [-0.15, -0.1) is 0 Å². The number of hydrogen-bond acceptors (Lipinski definition) is 5. The quantitative estimate of drug-likeness (QED) is 0.851. The van der Waals surface area contributed by atoms with E-state index in [0.717, 1.165) is 11.1 Å². The Labute approximate surface area is 112 Å². The van der Waals surface area contributed by atoms with Gasteiger partial charge in [0.1, 0.15) is 9.84 Å². The molecule has 0 aromatic carbocycles. The van der Waals surface area contributed by atoms with Crippen LogP contribution in [0.25, 0.3) is 5.52 Å². The van der Waals surface area contributed by atoms with Crippen LogP contribution in [0.3, 0.4) is 0 Å². The van der Waals surface area contributed by atoms with Crippen LogP contribution in [0.1, 0.15) is 31.4 Å². The fraction of sp³-hybridized carbons (Fsp3) is 0.500. The van der Waals surface area contributed by atoms with E-state index in [4.69, 9.17) is 5.73 Å². The van der Waals surface area contributed by atoms with Gasteiger partial charge in [0.2, 0.25) is 0 Å². The van der Waals surface area contributed by atoms with Gasteiger partial charge in [-0.25, -0.2) is 12.9 Å². The van der Waals surface area contributed by atoms with Crippen LogP contribution < -0.4 is 5.73 Å². The van der Waals surface area contributed by atoms with Crippen LogP contribution in [0.15, 0.2) is 24.8 Å². The van der Waals surface area contributed by atoms with Gasteiger partial charge in [0, 0.05) is 29.8 Å². The average Bonchev–Trinajstić information content (AvgIpc) is 2.82. The summed E-state index contributed by atoms with van der Waals surface area (Å²) in [4.78, 5) is 4.05. The van der Waals surface area contributed by atoms with E-state index in [1.165, 1.54) is 0 Å². The van der Waals surface area contributed by atoms with Gasteiger partial charge in [0.05, 0.1) is 23.7 Å². The van der Waals surface area contributed by atoms with Gasteiger partial charge in [0.15, 0.2) is 0 Å². The number of rotatable bonds is 6. The number of nitrogens with zero attached hydrogens (tertiary/aromatic N) is 3. The highest BCUT2D eigenvalue weighted by molar-refractivity contribution is 7.91. The predicted octanol–water partition coefficient (Wildman–Crippen LogP) is 0.944. The van der Waals surface area contributed by atoms with Crippen LogP contribution in [-0.4, -0.2) is 34.5 Å². The van der Waals surface area contributed by atoms with Crippen LogP contribution in [0, 0.1) is 0 Å². The lowest BCUT2D eigenvalue weighted by atomic mass is 10.1. The first-order chi connectivity index (χ1) is 9.03. The number of sulfone groups is 1. The standard InChI is InChI=1S/C12H18N4O2S/c1-2-19(17,18)7-3-4-11(13)10-8-15-16-6-5-14-9-12(10)16/h5-6,8-9,11H,2-4,7,13H2,1H3. The molecular weight excluding hydrogens is 264 g/mol. The Balaban J connectivity index is 2.02. The minimum absolute atomic E-state index is 0.183. The van der Waals surface area contributed by atoms with Gasteiger partial charge in [-0.2, -0.15) is 5.10 Å². The molecule has 0 bridgehead atoms. The van der Waals surface area contributed by atoms with E-state index in [1.54, 1.807) is 36.2 Å². The summed E-state index contributed by atoms with van der Waals surface area (Å²) < 4.78 is 24.5. The Hall–Kier alpha value is -1.47. The fourth-order valence-electron chi connectivity index (χ4n) is 1.96. The Kier molecular flexibility index (Phi) is 4.16. The molecule has 2 aromatic heterocycles. The summed E-state index contributed by atoms with van der Waals surface area (Å²) in [6, 6.07) is -0.214. The zero-order valence-corrected chi connectivity index (χ0v) is 11.7. The molecule has 104 valence electrons. The molecule has 2 N–H and O–H groups in total. The maximum absolute atomic E-state index is 11.4. The van der Waals surface area contributed by atoms with Gasteiger partial charge in [-0.05, 0) is 12.8 Å². The summed E-state index contributed by atoms with van der Waals surface area (Å²) in [6.45, 7) is 1.66. The van der Waals surface area contributed by atoms with E-state index in [1.807, 2.05) is 0 Å². The third kappa shape index (κ3) is 3.30. The highest BCUT2D eigenvalue weighted by Crippen LogP contribution is 2.20. The summed E-state index contributed by atoms with van der Waals surface area (Å²) in [7, 11) is -2.92. The molecule has 0 fully saturated rings. The van der Waals surface area contributed by atoms with E-state index < -0.39 is 9.84 Å². The van der Waals surface area contributed by atoms with Crippen molar-refractivity contribution in [3.63, 3.8) is 0 Å². The van der Waals surface area contributed by atoms with Crippen molar-refractivity contribution >= 4 is 15.4 Å². The minimum atomic E-state index is -2.92. The van der Waals surface area contributed by atoms with E-state index >= 15 is 0 Å². The molecule has 0 amide bonds. The highest BCUT2D eigenvalue weighted by atomic mass is 32.2. The van der Waals surface area contributed by atoms with E-state index in [2.05, 4.69) is 10.1 Å². The topological polar surface area (TPSA) is 90.3 Å². The second-order valence-electron chi connectivity index (χ2n) is 4.49. The van der Waals surface area contributed by atoms with Gasteiger partial charge >= 0.3 is 0 Å². The Bertz CT molecular complexity index is 651. The van der Waals surface area contributed by atoms with Crippen LogP contribution in [0.4, 0.5) is 0 Å². The van der Waals surface area contributed by atoms with Crippen molar-refractivity contribution in [3.8, 4) is 0 Å². The molecule has 2 rings (SSSR count). The first-order valence-corrected chi connectivity index (χ1v) is 8.09. The first kappa shape index (κ1) is 14.0. The summed E-state index contributed by atoms with van der Waals surface area (Å²) in [5.74, 6) is 0.373. The summed E-state index contributed by atoms with van der Waals surface area (Å²) in [5, 5.41) is 4.19. The molecule has 1 unspecified atom stereocenters. The molecule has 0 radical (unpaired) electrons. The Morgan fingerprint density at radius 2 is 2.21 bits per heavy atom. The van der Waals surface area contributed by atoms with Crippen LogP contribution in [0.2, 0.25) is 0 Å². The van der Waals surface area contributed by atoms with Crippen molar-refractivity contribution in [1.29, 1.82) is 0 Å². The van der Waals surface area contributed by atoms with Crippen LogP contribution in [0.5, 0.6) is 0 Å². The number of fused-ring (bicyclic) bond motifs is 1. The smallest absolute Gasteiger partial charge is 0.150 e. The summed E-state index contributed by atoms with van der Waals surface area (Å²) >= 11 is 0. The third-order valence-electron chi connectivity index (χ3n) is 3.16. The molecule has 0 aliphatic carbocycles. The molecule has 6 nitrogen and oxygen atoms in total. The normalized spacial score (nSPS) is 13.8. The van der Waals surface area contributed by atoms with Gasteiger partial charge in [-0.1, -0.05) is 6.92 Å². The molecule has 19 heavy (non-hydrogen) atoms. The summed E-state index contributed by atoms with van der Waals surface area (Å²) in [5.41, 5.74) is 7.87. The number of hydrogen-bond donors (Lipinski definition) is 1. The second-order valence-corrected chi connectivity index (χ2v) is 6.96. The highest BCUT2D eigenvalue weighted by Gasteiger charge is 2.14. The van der Waals surface area contributed by atoms with Crippen molar-refractivity contribution < 1.29 is 8.42 Å². The lowest BCUT2D eigenvalue weighted by Crippen LogP contribution is -2.14. The molecule has 1 atom stereocenters. The molecule has 2 aromatic rings. The van der Waals surface area contributed by atoms with E-state index in [-0.39, 0.29) is 17.5 Å². The maximum atomic E-state index is 11.4. The van der Waals surface area contributed by atoms with Crippen LogP contribution >= 0.6 is 0 Å². The molecule has 0 spiro atoms. The van der Waals surface area contributed by atoms with E-state index in [0.29, 0.717) is 12.8 Å². The van der Waals surface area contributed by atoms with Crippen molar-refractivity contribution in [3.05, 3.63) is 30.4 Å². The average molecular weight is 282 g/mol. The zero-order chi connectivity index (χ0) is 13.9. The lowest BCUT2D eigenvalue weighted by Gasteiger charge is -2.10. The SMILES string of the molecule is CCS(=O)(=O)CCCC(N)c1cnn2ccncc12. The molecule has 2 heterocycles. The largest absolute Gasteiger partial charge is 0.324 e. The second kappa shape index (κ2) is 5.66. The molecule has 7 heteroatoms. The molecule has 0 aliphatic heterocycles. The van der Waals surface area contributed by atoms with Crippen molar-refractivity contribution in [2.75, 3.05) is 11.5 Å². The molecule has 0 saturated carbocycles. The minimum Gasteiger partial charge on any atom is -0.324 e. The van der Waals surface area contributed by atoms with Crippen molar-refractivity contribution in [2.45, 2.75) is 25.8 Å². The van der Waals surface area contributed by atoms with Crippen molar-refractivity contribution in [2.24, 2.45) is 5.73 Å². The lowest BCUT2D eigenvalue weighted by molar-refractivity contribution is 0.584. The maximum Gasteiger partial charge on any atom is 0.150 e. The number of aromatic nitrogens is 3. The Morgan fingerprint density at radius 3 is 2.95 bits per heavy atom. The zero-order valence-electron chi connectivity index (χ0n) is 10.9. The van der Waals surface area contributed by atoms with Gasteiger partial charge in [0.25, 0.3) is 0 Å². The van der Waals surface area contributed by atoms with E-state index in [9.17, 15) is 8.42 Å². The number of nitrogens with two attached hydrogens (primary N) is 1. The molecule has 0 saturated heterocycles. The molecule has 0 aliphatic rings. The van der Waals surface area contributed by atoms with Crippen LogP contribution in [-0.2, 0) is 9.84 Å². The predicted molar refractivity (Wildman–Crippen MR) is 73.5 cm³/mol. The Morgan fingerprint density at radius 1 is 1.42 bits per heavy atom. The van der Waals surface area contributed by atoms with Crippen molar-refractivity contribution in [1.82, 2.24) is 14.6 Å². The van der Waals surface area contributed by atoms with Gasteiger partial charge in [-0.3, -0.25) is 4.98 Å². The molecular formula is C12H18N4O2S. The van der Waals surface area contributed by atoms with Gasteiger partial charge < -0.3 is 5.73 Å². The summed E-state index contributed by atoms with van der Waals surface area (Å²) in [6.07, 6.45) is 8.03. The monoisotopic (exact) mass is 282 g/mol. The third-order valence-corrected chi connectivity index (χ3v) is 4.95. The first-order valence-electron chi connectivity index (χ1n) is 6.27. The fourth-order valence-corrected chi connectivity index (χ4v) is 2.86.